The van der Waals surface area contributed by atoms with Crippen LogP contribution in [0.4, 0.5) is 22.1 Å². The molecule has 148 valence electrons. The van der Waals surface area contributed by atoms with Crippen LogP contribution in [-0.4, -0.2) is 27.6 Å². The minimum atomic E-state index is -0.477. The predicted molar refractivity (Wildman–Crippen MR) is 112 cm³/mol. The van der Waals surface area contributed by atoms with Crippen molar-refractivity contribution in [2.24, 2.45) is 5.92 Å². The maximum Gasteiger partial charge on any atom is 0.324 e. The van der Waals surface area contributed by atoms with Crippen molar-refractivity contribution >= 4 is 46.5 Å². The van der Waals surface area contributed by atoms with Gasteiger partial charge in [0.15, 0.2) is 5.82 Å². The molecule has 3 amide bonds. The molecule has 1 atom stereocenters. The van der Waals surface area contributed by atoms with E-state index in [1.54, 1.807) is 36.6 Å². The third kappa shape index (κ3) is 3.77. The van der Waals surface area contributed by atoms with Crippen LogP contribution in [0.1, 0.15) is 27.7 Å². The molecule has 1 aromatic carbocycles. The molecule has 1 aliphatic heterocycles. The van der Waals surface area contributed by atoms with Gasteiger partial charge in [-0.05, 0) is 36.9 Å². The lowest BCUT2D eigenvalue weighted by atomic mass is 9.98. The Balaban J connectivity index is 1.63. The Hall–Kier alpha value is -3.46. The maximum atomic E-state index is 12.8. The van der Waals surface area contributed by atoms with Crippen LogP contribution in [0.2, 0.25) is 0 Å². The molecule has 0 bridgehead atoms. The first-order chi connectivity index (χ1) is 13.9. The lowest BCUT2D eigenvalue weighted by molar-refractivity contribution is -0.119. The molecule has 0 radical (unpaired) electrons. The fourth-order valence-electron chi connectivity index (χ4n) is 3.07. The summed E-state index contributed by atoms with van der Waals surface area (Å²) >= 11 is 1.28. The van der Waals surface area contributed by atoms with Gasteiger partial charge in [-0.1, -0.05) is 30.7 Å². The van der Waals surface area contributed by atoms with E-state index in [0.717, 1.165) is 10.2 Å². The molecule has 3 aromatic rings. The van der Waals surface area contributed by atoms with Crippen LogP contribution >= 0.6 is 11.3 Å². The molecule has 0 saturated carbocycles. The number of urea groups is 1. The summed E-state index contributed by atoms with van der Waals surface area (Å²) in [7, 11) is 0. The molecule has 0 aliphatic carbocycles. The average molecular weight is 409 g/mol. The van der Waals surface area contributed by atoms with Crippen molar-refractivity contribution < 1.29 is 14.4 Å². The molecule has 0 saturated heterocycles. The van der Waals surface area contributed by atoms with Gasteiger partial charge in [0.1, 0.15) is 5.82 Å². The van der Waals surface area contributed by atoms with E-state index in [1.165, 1.54) is 11.3 Å². The van der Waals surface area contributed by atoms with Gasteiger partial charge in [0.2, 0.25) is 5.91 Å². The molecule has 3 N–H and O–H groups in total. The number of nitrogens with one attached hydrogen (secondary N) is 3. The number of benzene rings is 1. The predicted octanol–water partition coefficient (Wildman–Crippen LogP) is 3.72. The molecular formula is C20H19N5O3S. The van der Waals surface area contributed by atoms with Gasteiger partial charge < -0.3 is 10.6 Å². The van der Waals surface area contributed by atoms with Crippen molar-refractivity contribution in [2.45, 2.75) is 20.3 Å². The quantitative estimate of drug-likeness (QED) is 0.613. The van der Waals surface area contributed by atoms with Gasteiger partial charge in [0.25, 0.3) is 5.91 Å². The second-order valence-corrected chi connectivity index (χ2v) is 7.86. The van der Waals surface area contributed by atoms with Gasteiger partial charge in [-0.3, -0.25) is 14.9 Å². The molecule has 29 heavy (non-hydrogen) atoms. The Kier molecular flexibility index (Phi) is 4.89. The Morgan fingerprint density at radius 3 is 2.66 bits per heavy atom. The topological polar surface area (TPSA) is 105 Å². The lowest BCUT2D eigenvalue weighted by Gasteiger charge is -2.20. The Bertz CT molecular complexity index is 1090. The summed E-state index contributed by atoms with van der Waals surface area (Å²) in [5.41, 5.74) is 2.35. The number of carbonyl (C=O) groups excluding carboxylic acids is 3. The molecule has 9 heteroatoms. The van der Waals surface area contributed by atoms with E-state index < -0.39 is 6.03 Å². The highest BCUT2D eigenvalue weighted by Gasteiger charge is 2.32. The van der Waals surface area contributed by atoms with Gasteiger partial charge >= 0.3 is 6.03 Å². The Morgan fingerprint density at radius 2 is 1.97 bits per heavy atom. The number of fused-ring (bicyclic) bond motifs is 1. The van der Waals surface area contributed by atoms with Crippen molar-refractivity contribution in [3.63, 3.8) is 0 Å². The smallest absolute Gasteiger partial charge is 0.310 e. The van der Waals surface area contributed by atoms with E-state index in [1.807, 2.05) is 19.1 Å². The Morgan fingerprint density at radius 1 is 1.21 bits per heavy atom. The van der Waals surface area contributed by atoms with Crippen molar-refractivity contribution in [1.82, 2.24) is 9.78 Å². The molecule has 1 aliphatic rings. The molecule has 4 rings (SSSR count). The zero-order chi connectivity index (χ0) is 20.5. The zero-order valence-corrected chi connectivity index (χ0v) is 16.7. The lowest BCUT2D eigenvalue weighted by Crippen LogP contribution is -2.30. The summed E-state index contributed by atoms with van der Waals surface area (Å²) in [6.45, 7) is 3.75. The molecule has 8 nitrogen and oxygen atoms in total. The largest absolute Gasteiger partial charge is 0.324 e. The third-order valence-electron chi connectivity index (χ3n) is 4.65. The third-order valence-corrected chi connectivity index (χ3v) is 5.51. The highest BCUT2D eigenvalue weighted by atomic mass is 32.1. The standard InChI is InChI=1S/C20H19N5O3S/c1-11-5-7-13(8-6-11)21-20(28)22-16-14-10-12(2)18(26)23-17(14)25(24-16)19(27)15-4-3-9-29-15/h3-9,12H,10H2,1-2H3,(H,23,26)(H2,21,22,24,28). The molecular weight excluding hydrogens is 390 g/mol. The highest BCUT2D eigenvalue weighted by molar-refractivity contribution is 7.12. The maximum absolute atomic E-state index is 12.8. The van der Waals surface area contributed by atoms with E-state index in [0.29, 0.717) is 28.4 Å². The number of anilines is 3. The molecule has 2 aromatic heterocycles. The van der Waals surface area contributed by atoms with Crippen LogP contribution in [0.25, 0.3) is 0 Å². The van der Waals surface area contributed by atoms with Crippen LogP contribution in [0.3, 0.4) is 0 Å². The number of nitrogens with zero attached hydrogens (tertiary/aromatic N) is 2. The first-order valence-electron chi connectivity index (χ1n) is 9.08. The molecule has 3 heterocycles. The van der Waals surface area contributed by atoms with E-state index in [2.05, 4.69) is 21.0 Å². The van der Waals surface area contributed by atoms with Crippen molar-refractivity contribution in [3.8, 4) is 0 Å². The number of amides is 3. The fourth-order valence-corrected chi connectivity index (χ4v) is 3.72. The van der Waals surface area contributed by atoms with Crippen molar-refractivity contribution in [2.75, 3.05) is 16.0 Å². The van der Waals surface area contributed by atoms with Crippen molar-refractivity contribution in [3.05, 3.63) is 57.8 Å². The number of rotatable bonds is 3. The second kappa shape index (κ2) is 7.51. The van der Waals surface area contributed by atoms with Crippen LogP contribution < -0.4 is 16.0 Å². The molecule has 0 fully saturated rings. The number of carbonyl (C=O) groups is 3. The van der Waals surface area contributed by atoms with Crippen LogP contribution in [0.15, 0.2) is 41.8 Å². The van der Waals surface area contributed by atoms with Crippen LogP contribution in [0, 0.1) is 12.8 Å². The summed E-state index contributed by atoms with van der Waals surface area (Å²) < 4.78 is 1.15. The van der Waals surface area contributed by atoms with E-state index in [-0.39, 0.29) is 23.6 Å². The normalized spacial score (nSPS) is 15.4. The number of aryl methyl sites for hydroxylation is 1. The van der Waals surface area contributed by atoms with E-state index in [9.17, 15) is 14.4 Å². The summed E-state index contributed by atoms with van der Waals surface area (Å²) in [6, 6.07) is 10.4. The summed E-state index contributed by atoms with van der Waals surface area (Å²) in [4.78, 5) is 37.9. The minimum absolute atomic E-state index is 0.187. The van der Waals surface area contributed by atoms with Gasteiger partial charge in [0, 0.05) is 17.2 Å². The first kappa shape index (κ1) is 18.9. The Labute approximate surface area is 170 Å². The second-order valence-electron chi connectivity index (χ2n) is 6.91. The van der Waals surface area contributed by atoms with Gasteiger partial charge in [-0.2, -0.15) is 4.68 Å². The van der Waals surface area contributed by atoms with Crippen LogP contribution in [0.5, 0.6) is 0 Å². The van der Waals surface area contributed by atoms with E-state index in [4.69, 9.17) is 0 Å². The monoisotopic (exact) mass is 409 g/mol. The van der Waals surface area contributed by atoms with Crippen LogP contribution in [-0.2, 0) is 11.2 Å². The number of thiophene rings is 1. The van der Waals surface area contributed by atoms with Crippen molar-refractivity contribution in [1.29, 1.82) is 0 Å². The van der Waals surface area contributed by atoms with E-state index >= 15 is 0 Å². The first-order valence-corrected chi connectivity index (χ1v) is 9.96. The summed E-state index contributed by atoms with van der Waals surface area (Å²) in [5, 5.41) is 14.3. The zero-order valence-electron chi connectivity index (χ0n) is 15.9. The summed E-state index contributed by atoms with van der Waals surface area (Å²) in [5.74, 6) is -0.289. The SMILES string of the molecule is Cc1ccc(NC(=O)Nc2nn(C(=O)c3cccs3)c3c2CC(C)C(=O)N3)cc1. The summed E-state index contributed by atoms with van der Waals surface area (Å²) in [6.07, 6.45) is 0.374. The fraction of sp³-hybridized carbons (Fsp3) is 0.200. The average Bonchev–Trinajstić information content (AvgIpc) is 3.33. The van der Waals surface area contributed by atoms with Gasteiger partial charge in [-0.25, -0.2) is 4.79 Å². The minimum Gasteiger partial charge on any atom is -0.310 e. The number of aromatic nitrogens is 2. The molecule has 1 unspecified atom stereocenters. The number of hydrogen-bond donors (Lipinski definition) is 3. The van der Waals surface area contributed by atoms with Gasteiger partial charge in [-0.15, -0.1) is 16.4 Å². The number of hydrogen-bond acceptors (Lipinski definition) is 5. The highest BCUT2D eigenvalue weighted by Crippen LogP contribution is 2.32. The van der Waals surface area contributed by atoms with Gasteiger partial charge in [0.05, 0.1) is 4.88 Å². The molecule has 0 spiro atoms.